The topological polar surface area (TPSA) is 52.6 Å². The summed E-state index contributed by atoms with van der Waals surface area (Å²) in [4.78, 5) is 23.1. The van der Waals surface area contributed by atoms with Crippen LogP contribution in [0.5, 0.6) is 5.75 Å². The van der Waals surface area contributed by atoms with Gasteiger partial charge in [-0.15, -0.1) is 0 Å². The lowest BCUT2D eigenvalue weighted by Crippen LogP contribution is -2.07. The van der Waals surface area contributed by atoms with Crippen LogP contribution in [-0.4, -0.2) is 18.5 Å². The monoisotopic (exact) mass is 384 g/mol. The molecule has 0 bridgehead atoms. The van der Waals surface area contributed by atoms with Crippen molar-refractivity contribution in [2.75, 3.05) is 6.61 Å². The Bertz CT molecular complexity index is 1220. The molecule has 0 aliphatic carbocycles. The normalized spacial score (nSPS) is 10.1. The second-order valence-electron chi connectivity index (χ2n) is 6.71. The molecule has 0 aliphatic rings. The van der Waals surface area contributed by atoms with E-state index in [0.717, 1.165) is 27.1 Å². The van der Waals surface area contributed by atoms with Crippen LogP contribution in [0, 0.1) is 11.8 Å². The minimum atomic E-state index is -0.447. The number of hydrogen-bond acceptors (Lipinski definition) is 4. The van der Waals surface area contributed by atoms with Crippen LogP contribution in [0.3, 0.4) is 0 Å². The first kappa shape index (κ1) is 19.9. The molecule has 0 saturated heterocycles. The van der Waals surface area contributed by atoms with Crippen molar-refractivity contribution in [3.63, 3.8) is 0 Å². The van der Waals surface area contributed by atoms with E-state index in [-0.39, 0.29) is 6.61 Å². The lowest BCUT2D eigenvalue weighted by molar-refractivity contribution is -0.137. The Labute approximate surface area is 169 Å². The number of benzene rings is 3. The highest BCUT2D eigenvalue weighted by atomic mass is 16.5. The Balaban J connectivity index is 1.84. The van der Waals surface area contributed by atoms with Gasteiger partial charge in [-0.25, -0.2) is 9.59 Å². The first-order valence-corrected chi connectivity index (χ1v) is 9.01. The fourth-order valence-electron chi connectivity index (χ4n) is 2.75. The van der Waals surface area contributed by atoms with Gasteiger partial charge in [-0.2, -0.15) is 0 Å². The largest absolute Gasteiger partial charge is 0.449 e. The zero-order valence-corrected chi connectivity index (χ0v) is 16.4. The molecule has 0 N–H and O–H groups in total. The Kier molecular flexibility index (Phi) is 5.80. The van der Waals surface area contributed by atoms with Gasteiger partial charge in [0.15, 0.2) is 6.61 Å². The van der Waals surface area contributed by atoms with E-state index in [1.54, 1.807) is 19.9 Å². The summed E-state index contributed by atoms with van der Waals surface area (Å²) in [6.45, 7) is 10.3. The highest BCUT2D eigenvalue weighted by Gasteiger charge is 2.07. The van der Waals surface area contributed by atoms with Crippen LogP contribution in [0.15, 0.2) is 72.8 Å². The Morgan fingerprint density at radius 2 is 1.48 bits per heavy atom. The first-order chi connectivity index (χ1) is 13.8. The van der Waals surface area contributed by atoms with Crippen molar-refractivity contribution in [3.05, 3.63) is 78.4 Å². The van der Waals surface area contributed by atoms with E-state index in [4.69, 9.17) is 9.47 Å². The van der Waals surface area contributed by atoms with Gasteiger partial charge < -0.3 is 9.47 Å². The highest BCUT2D eigenvalue weighted by Crippen LogP contribution is 2.29. The van der Waals surface area contributed by atoms with E-state index in [9.17, 15) is 9.59 Å². The molecule has 3 rings (SSSR count). The molecule has 3 aromatic carbocycles. The van der Waals surface area contributed by atoms with Gasteiger partial charge in [-0.3, -0.25) is 0 Å². The molecular formula is C25H20O4. The van der Waals surface area contributed by atoms with Crippen molar-refractivity contribution < 1.29 is 19.1 Å². The van der Waals surface area contributed by atoms with Crippen LogP contribution in [-0.2, 0) is 14.3 Å². The van der Waals surface area contributed by atoms with Gasteiger partial charge in [0.25, 0.3) is 0 Å². The van der Waals surface area contributed by atoms with Gasteiger partial charge in [0.05, 0.1) is 0 Å². The highest BCUT2D eigenvalue weighted by molar-refractivity contribution is 6.08. The smallest absolute Gasteiger partial charge is 0.338 e. The molecule has 0 unspecified atom stereocenters. The molecule has 0 heterocycles. The van der Waals surface area contributed by atoms with Crippen LogP contribution in [0.25, 0.3) is 21.5 Å². The molecule has 0 atom stereocenters. The molecule has 3 aromatic rings. The third kappa shape index (κ3) is 4.72. The van der Waals surface area contributed by atoms with E-state index in [0.29, 0.717) is 16.9 Å². The molecule has 144 valence electrons. The predicted octanol–water partition coefficient (Wildman–Crippen LogP) is 4.95. The van der Waals surface area contributed by atoms with Crippen LogP contribution < -0.4 is 4.74 Å². The van der Waals surface area contributed by atoms with Gasteiger partial charge in [0.2, 0.25) is 0 Å². The summed E-state index contributed by atoms with van der Waals surface area (Å²) in [5, 5.41) is 4.12. The SMILES string of the molecule is C=C(C)C(=O)OCC#Cc1ccc2c(ccc3cc(OC(=O)C(=C)C)ccc32)c1. The Hall–Kier alpha value is -3.84. The number of rotatable bonds is 4. The van der Waals surface area contributed by atoms with Gasteiger partial charge in [0.1, 0.15) is 5.75 Å². The third-order valence-electron chi connectivity index (χ3n) is 4.22. The average molecular weight is 384 g/mol. The van der Waals surface area contributed by atoms with E-state index in [1.165, 1.54) is 0 Å². The number of fused-ring (bicyclic) bond motifs is 3. The minimum Gasteiger partial charge on any atom is -0.449 e. The lowest BCUT2D eigenvalue weighted by Gasteiger charge is -2.08. The molecule has 4 nitrogen and oxygen atoms in total. The predicted molar refractivity (Wildman–Crippen MR) is 115 cm³/mol. The molecule has 0 saturated carbocycles. The lowest BCUT2D eigenvalue weighted by atomic mass is 10.00. The first-order valence-electron chi connectivity index (χ1n) is 9.01. The van der Waals surface area contributed by atoms with E-state index < -0.39 is 11.9 Å². The minimum absolute atomic E-state index is 0.0210. The summed E-state index contributed by atoms with van der Waals surface area (Å²) in [7, 11) is 0. The standard InChI is InChI=1S/C25H20O4/c1-16(2)24(26)28-13-5-6-18-7-11-22-19(14-18)8-9-20-15-21(10-12-23(20)22)29-25(27)17(3)4/h7-12,14-15H,1,3,13H2,2,4H3. The van der Waals surface area contributed by atoms with E-state index >= 15 is 0 Å². The summed E-state index contributed by atoms with van der Waals surface area (Å²) in [6.07, 6.45) is 0. The van der Waals surface area contributed by atoms with Crippen molar-refractivity contribution in [2.24, 2.45) is 0 Å². The maximum atomic E-state index is 11.7. The number of esters is 2. The quantitative estimate of drug-likeness (QED) is 0.210. The Morgan fingerprint density at radius 3 is 2.14 bits per heavy atom. The second-order valence-corrected chi connectivity index (χ2v) is 6.71. The molecule has 0 amide bonds. The zero-order chi connectivity index (χ0) is 21.0. The fourth-order valence-corrected chi connectivity index (χ4v) is 2.75. The average Bonchev–Trinajstić information content (AvgIpc) is 2.70. The molecule has 0 aromatic heterocycles. The Morgan fingerprint density at radius 1 is 0.862 bits per heavy atom. The van der Waals surface area contributed by atoms with Crippen LogP contribution >= 0.6 is 0 Å². The number of ether oxygens (including phenoxy) is 2. The van der Waals surface area contributed by atoms with Gasteiger partial charge in [0, 0.05) is 16.7 Å². The van der Waals surface area contributed by atoms with Gasteiger partial charge >= 0.3 is 11.9 Å². The summed E-state index contributed by atoms with van der Waals surface area (Å²) < 4.78 is 10.3. The van der Waals surface area contributed by atoms with E-state index in [2.05, 4.69) is 25.0 Å². The van der Waals surface area contributed by atoms with Gasteiger partial charge in [-0.1, -0.05) is 49.3 Å². The molecule has 0 spiro atoms. The van der Waals surface area contributed by atoms with Crippen LogP contribution in [0.2, 0.25) is 0 Å². The molecule has 0 aliphatic heterocycles. The van der Waals surface area contributed by atoms with Crippen LogP contribution in [0.4, 0.5) is 0 Å². The summed E-state index contributed by atoms with van der Waals surface area (Å²) in [5.74, 6) is 5.43. The van der Waals surface area contributed by atoms with Gasteiger partial charge in [-0.05, 0) is 59.7 Å². The molecule has 29 heavy (non-hydrogen) atoms. The van der Waals surface area contributed by atoms with Crippen molar-refractivity contribution in [1.29, 1.82) is 0 Å². The van der Waals surface area contributed by atoms with E-state index in [1.807, 2.05) is 42.5 Å². The summed E-state index contributed by atoms with van der Waals surface area (Å²) in [5.41, 5.74) is 1.53. The van der Waals surface area contributed by atoms with Crippen molar-refractivity contribution in [3.8, 4) is 17.6 Å². The number of carbonyl (C=O) groups excluding carboxylic acids is 2. The molecule has 0 radical (unpaired) electrons. The third-order valence-corrected chi connectivity index (χ3v) is 4.22. The molecule has 0 fully saturated rings. The van der Waals surface area contributed by atoms with Crippen molar-refractivity contribution >= 4 is 33.5 Å². The van der Waals surface area contributed by atoms with Crippen molar-refractivity contribution in [1.82, 2.24) is 0 Å². The van der Waals surface area contributed by atoms with Crippen LogP contribution in [0.1, 0.15) is 19.4 Å². The number of hydrogen-bond donors (Lipinski definition) is 0. The maximum absolute atomic E-state index is 11.7. The van der Waals surface area contributed by atoms with Crippen molar-refractivity contribution in [2.45, 2.75) is 13.8 Å². The summed E-state index contributed by atoms with van der Waals surface area (Å²) >= 11 is 0. The molecular weight excluding hydrogens is 364 g/mol. The number of carbonyl (C=O) groups is 2. The maximum Gasteiger partial charge on any atom is 0.338 e. The zero-order valence-electron chi connectivity index (χ0n) is 16.4. The molecule has 4 heteroatoms. The summed E-state index contributed by atoms with van der Waals surface area (Å²) in [6, 6.07) is 15.4. The second kappa shape index (κ2) is 8.45. The fraction of sp³-hybridized carbons (Fsp3) is 0.120.